The summed E-state index contributed by atoms with van der Waals surface area (Å²) in [5.74, 6) is -0.122. The van der Waals surface area contributed by atoms with E-state index in [-0.39, 0.29) is 12.1 Å². The van der Waals surface area contributed by atoms with Gasteiger partial charge in [0.25, 0.3) is 5.91 Å². The molecule has 3 fully saturated rings. The maximum atomic E-state index is 13.5. The van der Waals surface area contributed by atoms with Crippen LogP contribution in [0, 0.1) is 0 Å². The number of carbonyl (C=O) groups is 1. The topological polar surface area (TPSA) is 95.3 Å². The number of amides is 1. The molecular formula is C29H31N7O. The maximum absolute atomic E-state index is 13.5. The van der Waals surface area contributed by atoms with Crippen LogP contribution in [-0.2, 0) is 11.3 Å². The van der Waals surface area contributed by atoms with Gasteiger partial charge in [-0.2, -0.15) is 0 Å². The highest BCUT2D eigenvalue weighted by Gasteiger charge is 2.40. The smallest absolute Gasteiger partial charge is 0.258 e. The maximum Gasteiger partial charge on any atom is 0.258 e. The third-order valence-electron chi connectivity index (χ3n) is 7.79. The van der Waals surface area contributed by atoms with Crippen LogP contribution in [0.2, 0.25) is 0 Å². The summed E-state index contributed by atoms with van der Waals surface area (Å²) < 4.78 is 0. The lowest BCUT2D eigenvalue weighted by atomic mass is 9.95. The van der Waals surface area contributed by atoms with Gasteiger partial charge in [0.2, 0.25) is 0 Å². The first-order chi connectivity index (χ1) is 18.2. The monoisotopic (exact) mass is 493 g/mol. The molecule has 1 amide bonds. The van der Waals surface area contributed by atoms with Crippen LogP contribution in [0.15, 0.2) is 60.7 Å². The third-order valence-corrected chi connectivity index (χ3v) is 7.79. The Morgan fingerprint density at radius 3 is 2.57 bits per heavy atom. The minimum atomic E-state index is -0.122. The standard InChI is InChI=1S/C29H31N7O/c37-29(32-21-6-7-22(31-16-21)18-35-9-1-2-10-35)26-24-14-19(5-8-25(24)33-28-27(26)34-28)20-13-23(17-30-15-20)36-11-3-4-12-36/h5-8,13-17,28,33-34H,1-4,9-12,18H2,(H,32,37). The van der Waals surface area contributed by atoms with E-state index in [9.17, 15) is 4.79 Å². The number of fused-ring (bicyclic) bond motifs is 2. The zero-order chi connectivity index (χ0) is 24.8. The molecule has 1 unspecified atom stereocenters. The van der Waals surface area contributed by atoms with Crippen molar-refractivity contribution in [3.05, 3.63) is 71.9 Å². The van der Waals surface area contributed by atoms with Gasteiger partial charge in [0.1, 0.15) is 6.17 Å². The predicted molar refractivity (Wildman–Crippen MR) is 146 cm³/mol. The summed E-state index contributed by atoms with van der Waals surface area (Å²) in [6.45, 7) is 5.30. The Morgan fingerprint density at radius 2 is 1.76 bits per heavy atom. The van der Waals surface area contributed by atoms with E-state index in [1.807, 2.05) is 24.5 Å². The van der Waals surface area contributed by atoms with Crippen LogP contribution in [0.25, 0.3) is 16.7 Å². The van der Waals surface area contributed by atoms with E-state index in [1.54, 1.807) is 6.20 Å². The van der Waals surface area contributed by atoms with Gasteiger partial charge in [-0.15, -0.1) is 0 Å². The van der Waals surface area contributed by atoms with Gasteiger partial charge in [0.05, 0.1) is 40.7 Å². The second-order valence-electron chi connectivity index (χ2n) is 10.4. The lowest BCUT2D eigenvalue weighted by Gasteiger charge is -2.20. The summed E-state index contributed by atoms with van der Waals surface area (Å²) in [5.41, 5.74) is 8.48. The molecule has 37 heavy (non-hydrogen) atoms. The van der Waals surface area contributed by atoms with Crippen LogP contribution in [0.5, 0.6) is 0 Å². The number of aromatic nitrogens is 2. The van der Waals surface area contributed by atoms with Crippen molar-refractivity contribution in [1.82, 2.24) is 20.2 Å². The number of carbonyl (C=O) groups excluding carboxylic acids is 1. The summed E-state index contributed by atoms with van der Waals surface area (Å²) in [6.07, 6.45) is 10.6. The van der Waals surface area contributed by atoms with Crippen molar-refractivity contribution < 1.29 is 4.79 Å². The fraction of sp³-hybridized carbons (Fsp3) is 0.345. The van der Waals surface area contributed by atoms with Gasteiger partial charge in [0, 0.05) is 42.6 Å². The van der Waals surface area contributed by atoms with E-state index in [1.165, 1.54) is 25.7 Å². The van der Waals surface area contributed by atoms with E-state index in [0.29, 0.717) is 11.3 Å². The Morgan fingerprint density at radius 1 is 0.919 bits per heavy atom. The average Bonchev–Trinajstić information content (AvgIpc) is 3.28. The number of benzene rings is 1. The quantitative estimate of drug-likeness (QED) is 0.446. The van der Waals surface area contributed by atoms with Gasteiger partial charge in [-0.25, -0.2) is 0 Å². The fourth-order valence-electron chi connectivity index (χ4n) is 5.73. The molecule has 0 spiro atoms. The number of anilines is 3. The van der Waals surface area contributed by atoms with Gasteiger partial charge in [-0.05, 0) is 74.7 Å². The summed E-state index contributed by atoms with van der Waals surface area (Å²) in [4.78, 5) is 27.4. The molecule has 3 N–H and O–H groups in total. The highest BCUT2D eigenvalue weighted by Crippen LogP contribution is 2.41. The van der Waals surface area contributed by atoms with Crippen molar-refractivity contribution in [2.45, 2.75) is 38.4 Å². The lowest BCUT2D eigenvalue weighted by Crippen LogP contribution is -2.20. The summed E-state index contributed by atoms with van der Waals surface area (Å²) in [6, 6.07) is 12.4. The van der Waals surface area contributed by atoms with Gasteiger partial charge >= 0.3 is 0 Å². The Balaban J connectivity index is 1.13. The predicted octanol–water partition coefficient (Wildman–Crippen LogP) is 4.04. The zero-order valence-corrected chi connectivity index (χ0v) is 20.8. The molecule has 4 aliphatic rings. The minimum Gasteiger partial charge on any atom is -0.370 e. The Labute approximate surface area is 216 Å². The van der Waals surface area contributed by atoms with E-state index in [0.717, 1.165) is 72.2 Å². The van der Waals surface area contributed by atoms with Gasteiger partial charge in [-0.1, -0.05) is 6.07 Å². The van der Waals surface area contributed by atoms with Crippen LogP contribution in [0.1, 0.15) is 36.9 Å². The first kappa shape index (κ1) is 22.3. The SMILES string of the molecule is O=C(Nc1ccc(CN2CCCC2)nc1)C1=C2NC2Nc2ccc(-c3cncc(N4CCCC4)c3)cc21. The van der Waals surface area contributed by atoms with Crippen LogP contribution in [0.3, 0.4) is 0 Å². The molecule has 8 heteroatoms. The number of hydrogen-bond donors (Lipinski definition) is 3. The van der Waals surface area contributed by atoms with Gasteiger partial charge < -0.3 is 20.9 Å². The Kier molecular flexibility index (Phi) is 5.54. The Hall–Kier alpha value is -3.91. The van der Waals surface area contributed by atoms with E-state index < -0.39 is 0 Å². The van der Waals surface area contributed by atoms with E-state index >= 15 is 0 Å². The molecule has 1 aromatic carbocycles. The molecule has 8 nitrogen and oxygen atoms in total. The van der Waals surface area contributed by atoms with Crippen molar-refractivity contribution in [1.29, 1.82) is 0 Å². The van der Waals surface area contributed by atoms with E-state index in [2.05, 4.69) is 60.0 Å². The molecule has 3 aromatic rings. The van der Waals surface area contributed by atoms with Crippen LogP contribution in [-0.4, -0.2) is 53.1 Å². The second-order valence-corrected chi connectivity index (χ2v) is 10.4. The number of nitrogens with zero attached hydrogens (tertiary/aromatic N) is 4. The minimum absolute atomic E-state index is 0.0141. The molecule has 6 heterocycles. The molecular weight excluding hydrogens is 462 g/mol. The zero-order valence-electron chi connectivity index (χ0n) is 20.8. The third kappa shape index (κ3) is 4.42. The molecule has 0 aliphatic carbocycles. The molecule has 1 atom stereocenters. The first-order valence-corrected chi connectivity index (χ1v) is 13.3. The molecule has 3 saturated heterocycles. The summed E-state index contributed by atoms with van der Waals surface area (Å²) in [5, 5.41) is 9.86. The van der Waals surface area contributed by atoms with Crippen LogP contribution >= 0.6 is 0 Å². The van der Waals surface area contributed by atoms with Gasteiger partial charge in [0.15, 0.2) is 0 Å². The lowest BCUT2D eigenvalue weighted by molar-refractivity contribution is -0.111. The molecule has 188 valence electrons. The van der Waals surface area contributed by atoms with Crippen LogP contribution in [0.4, 0.5) is 17.1 Å². The number of likely N-dealkylation sites (tertiary alicyclic amines) is 1. The van der Waals surface area contributed by atoms with Crippen molar-refractivity contribution in [2.75, 3.05) is 41.7 Å². The molecule has 4 aliphatic heterocycles. The molecule has 0 bridgehead atoms. The fourth-order valence-corrected chi connectivity index (χ4v) is 5.73. The summed E-state index contributed by atoms with van der Waals surface area (Å²) in [7, 11) is 0. The number of hydrogen-bond acceptors (Lipinski definition) is 7. The average molecular weight is 494 g/mol. The van der Waals surface area contributed by atoms with Crippen molar-refractivity contribution in [2.24, 2.45) is 0 Å². The highest BCUT2D eigenvalue weighted by atomic mass is 16.1. The van der Waals surface area contributed by atoms with E-state index in [4.69, 9.17) is 0 Å². The molecule has 7 rings (SSSR count). The number of pyridine rings is 2. The largest absolute Gasteiger partial charge is 0.370 e. The molecule has 0 saturated carbocycles. The van der Waals surface area contributed by atoms with Gasteiger partial charge in [-0.3, -0.25) is 19.7 Å². The molecule has 0 radical (unpaired) electrons. The second kappa shape index (κ2) is 9.19. The Bertz CT molecular complexity index is 1370. The van der Waals surface area contributed by atoms with Crippen molar-refractivity contribution in [3.63, 3.8) is 0 Å². The highest BCUT2D eigenvalue weighted by molar-refractivity contribution is 6.28. The summed E-state index contributed by atoms with van der Waals surface area (Å²) >= 11 is 0. The number of rotatable bonds is 6. The first-order valence-electron chi connectivity index (χ1n) is 13.3. The normalized spacial score (nSPS) is 20.2. The molecule has 2 aromatic heterocycles. The van der Waals surface area contributed by atoms with Crippen molar-refractivity contribution in [3.8, 4) is 11.1 Å². The number of nitrogens with one attached hydrogen (secondary N) is 3. The van der Waals surface area contributed by atoms with Crippen LogP contribution < -0.4 is 20.9 Å². The van der Waals surface area contributed by atoms with Crippen molar-refractivity contribution >= 4 is 28.5 Å².